The molecule has 0 amide bonds. The second-order valence-corrected chi connectivity index (χ2v) is 4.27. The number of aromatic nitrogens is 1. The lowest BCUT2D eigenvalue weighted by atomic mass is 10.1. The van der Waals surface area contributed by atoms with Crippen LogP contribution in [-0.4, -0.2) is 18.1 Å². The van der Waals surface area contributed by atoms with Crippen molar-refractivity contribution in [2.45, 2.75) is 26.7 Å². The highest BCUT2D eigenvalue weighted by Gasteiger charge is 2.04. The van der Waals surface area contributed by atoms with Gasteiger partial charge in [0.2, 0.25) is 0 Å². The zero-order valence-corrected chi connectivity index (χ0v) is 10.1. The molecule has 0 saturated carbocycles. The van der Waals surface area contributed by atoms with Crippen molar-refractivity contribution in [1.82, 2.24) is 10.3 Å². The molecule has 0 radical (unpaired) electrons. The number of benzene rings is 1. The molecule has 0 spiro atoms. The summed E-state index contributed by atoms with van der Waals surface area (Å²) >= 11 is 0. The highest BCUT2D eigenvalue weighted by atomic mass is 14.8. The molecule has 0 bridgehead atoms. The quantitative estimate of drug-likeness (QED) is 0.739. The van der Waals surface area contributed by atoms with E-state index >= 15 is 0 Å². The Morgan fingerprint density at radius 1 is 1.31 bits per heavy atom. The van der Waals surface area contributed by atoms with Crippen LogP contribution in [-0.2, 0) is 6.42 Å². The summed E-state index contributed by atoms with van der Waals surface area (Å²) < 4.78 is 0. The summed E-state index contributed by atoms with van der Waals surface area (Å²) in [6.07, 6.45) is 4.51. The number of aromatic amines is 1. The monoisotopic (exact) mass is 216 g/mol. The zero-order valence-electron chi connectivity index (χ0n) is 10.1. The molecule has 0 unspecified atom stereocenters. The van der Waals surface area contributed by atoms with Crippen LogP contribution >= 0.6 is 0 Å². The summed E-state index contributed by atoms with van der Waals surface area (Å²) in [7, 11) is 0. The van der Waals surface area contributed by atoms with E-state index in [1.54, 1.807) is 0 Å². The standard InChI is InChI=1S/C14H20N2/c1-3-15-9-5-7-12-10-16-14-11(2)6-4-8-13(12)14/h4,6,8,10,15-16H,3,5,7,9H2,1-2H3. The smallest absolute Gasteiger partial charge is 0.0486 e. The average Bonchev–Trinajstić information content (AvgIpc) is 2.70. The van der Waals surface area contributed by atoms with E-state index in [1.807, 2.05) is 0 Å². The number of para-hydroxylation sites is 1. The number of rotatable bonds is 5. The lowest BCUT2D eigenvalue weighted by Gasteiger charge is -2.01. The van der Waals surface area contributed by atoms with Crippen LogP contribution < -0.4 is 5.32 Å². The second kappa shape index (κ2) is 5.17. The van der Waals surface area contributed by atoms with E-state index in [2.05, 4.69) is 48.5 Å². The molecule has 2 N–H and O–H groups in total. The van der Waals surface area contributed by atoms with Gasteiger partial charge in [0.1, 0.15) is 0 Å². The Morgan fingerprint density at radius 2 is 2.19 bits per heavy atom. The van der Waals surface area contributed by atoms with Gasteiger partial charge in [-0.3, -0.25) is 0 Å². The summed E-state index contributed by atoms with van der Waals surface area (Å²) in [5.74, 6) is 0. The van der Waals surface area contributed by atoms with Crippen LogP contribution in [0.15, 0.2) is 24.4 Å². The third-order valence-corrected chi connectivity index (χ3v) is 3.06. The van der Waals surface area contributed by atoms with E-state index in [0.29, 0.717) is 0 Å². The number of hydrogen-bond acceptors (Lipinski definition) is 1. The van der Waals surface area contributed by atoms with Crippen LogP contribution in [0.25, 0.3) is 10.9 Å². The Morgan fingerprint density at radius 3 is 3.00 bits per heavy atom. The molecular formula is C14H20N2. The van der Waals surface area contributed by atoms with Crippen LogP contribution in [0.2, 0.25) is 0 Å². The largest absolute Gasteiger partial charge is 0.361 e. The van der Waals surface area contributed by atoms with Gasteiger partial charge in [-0.15, -0.1) is 0 Å². The van der Waals surface area contributed by atoms with Crippen molar-refractivity contribution >= 4 is 10.9 Å². The molecule has 0 aliphatic carbocycles. The maximum atomic E-state index is 3.38. The van der Waals surface area contributed by atoms with Crippen LogP contribution in [0.3, 0.4) is 0 Å². The minimum Gasteiger partial charge on any atom is -0.361 e. The zero-order chi connectivity index (χ0) is 11.4. The lowest BCUT2D eigenvalue weighted by Crippen LogP contribution is -2.14. The number of nitrogens with one attached hydrogen (secondary N) is 2. The number of aryl methyl sites for hydroxylation is 2. The Balaban J connectivity index is 2.10. The predicted octanol–water partition coefficient (Wildman–Crippen LogP) is 3.02. The highest BCUT2D eigenvalue weighted by molar-refractivity contribution is 5.85. The molecular weight excluding hydrogens is 196 g/mol. The topological polar surface area (TPSA) is 27.8 Å². The van der Waals surface area contributed by atoms with Gasteiger partial charge in [0.05, 0.1) is 0 Å². The maximum absolute atomic E-state index is 3.38. The molecule has 16 heavy (non-hydrogen) atoms. The van der Waals surface area contributed by atoms with Gasteiger partial charge in [0, 0.05) is 17.1 Å². The molecule has 0 saturated heterocycles. The minimum atomic E-state index is 1.06. The van der Waals surface area contributed by atoms with E-state index in [1.165, 1.54) is 28.5 Å². The van der Waals surface area contributed by atoms with E-state index < -0.39 is 0 Å². The van der Waals surface area contributed by atoms with Gasteiger partial charge in [-0.2, -0.15) is 0 Å². The number of fused-ring (bicyclic) bond motifs is 1. The number of hydrogen-bond donors (Lipinski definition) is 2. The molecule has 0 aliphatic heterocycles. The summed E-state index contributed by atoms with van der Waals surface area (Å²) in [6.45, 7) is 6.47. The molecule has 2 rings (SSSR count). The molecule has 2 aromatic rings. The Labute approximate surface area is 97.1 Å². The summed E-state index contributed by atoms with van der Waals surface area (Å²) in [4.78, 5) is 3.38. The molecule has 1 heterocycles. The van der Waals surface area contributed by atoms with E-state index in [0.717, 1.165) is 19.5 Å². The van der Waals surface area contributed by atoms with Crippen molar-refractivity contribution in [3.63, 3.8) is 0 Å². The fourth-order valence-electron chi connectivity index (χ4n) is 2.15. The van der Waals surface area contributed by atoms with Crippen LogP contribution in [0.4, 0.5) is 0 Å². The fourth-order valence-corrected chi connectivity index (χ4v) is 2.15. The van der Waals surface area contributed by atoms with Gasteiger partial charge >= 0.3 is 0 Å². The third kappa shape index (κ3) is 2.27. The van der Waals surface area contributed by atoms with Crippen molar-refractivity contribution in [1.29, 1.82) is 0 Å². The first-order valence-electron chi connectivity index (χ1n) is 6.09. The van der Waals surface area contributed by atoms with Gasteiger partial charge in [0.25, 0.3) is 0 Å². The van der Waals surface area contributed by atoms with Gasteiger partial charge in [-0.25, -0.2) is 0 Å². The summed E-state index contributed by atoms with van der Waals surface area (Å²) in [5, 5.41) is 4.75. The highest BCUT2D eigenvalue weighted by Crippen LogP contribution is 2.21. The van der Waals surface area contributed by atoms with Crippen molar-refractivity contribution < 1.29 is 0 Å². The molecule has 86 valence electrons. The molecule has 1 aromatic heterocycles. The lowest BCUT2D eigenvalue weighted by molar-refractivity contribution is 0.674. The van der Waals surface area contributed by atoms with Crippen molar-refractivity contribution in [2.75, 3.05) is 13.1 Å². The van der Waals surface area contributed by atoms with Crippen molar-refractivity contribution in [3.05, 3.63) is 35.5 Å². The van der Waals surface area contributed by atoms with E-state index in [4.69, 9.17) is 0 Å². The molecule has 0 aliphatic rings. The number of H-pyrrole nitrogens is 1. The first kappa shape index (κ1) is 11.2. The van der Waals surface area contributed by atoms with Gasteiger partial charge in [-0.1, -0.05) is 25.1 Å². The Bertz CT molecular complexity index is 457. The van der Waals surface area contributed by atoms with Crippen molar-refractivity contribution in [2.24, 2.45) is 0 Å². The molecule has 0 atom stereocenters. The van der Waals surface area contributed by atoms with E-state index in [9.17, 15) is 0 Å². The normalized spacial score (nSPS) is 11.1. The Hall–Kier alpha value is -1.28. The molecule has 2 heteroatoms. The SMILES string of the molecule is CCNCCCc1c[nH]c2c(C)cccc12. The maximum Gasteiger partial charge on any atom is 0.0486 e. The van der Waals surface area contributed by atoms with Gasteiger partial charge < -0.3 is 10.3 Å². The molecule has 1 aromatic carbocycles. The van der Waals surface area contributed by atoms with Crippen LogP contribution in [0, 0.1) is 6.92 Å². The first-order chi connectivity index (χ1) is 7.83. The molecule has 2 nitrogen and oxygen atoms in total. The van der Waals surface area contributed by atoms with Crippen LogP contribution in [0.5, 0.6) is 0 Å². The van der Waals surface area contributed by atoms with Crippen LogP contribution in [0.1, 0.15) is 24.5 Å². The fraction of sp³-hybridized carbons (Fsp3) is 0.429. The average molecular weight is 216 g/mol. The summed E-state index contributed by atoms with van der Waals surface area (Å²) in [6, 6.07) is 6.50. The summed E-state index contributed by atoms with van der Waals surface area (Å²) in [5.41, 5.74) is 4.06. The third-order valence-electron chi connectivity index (χ3n) is 3.06. The Kier molecular flexibility index (Phi) is 3.62. The molecule has 0 fully saturated rings. The van der Waals surface area contributed by atoms with Crippen molar-refractivity contribution in [3.8, 4) is 0 Å². The van der Waals surface area contributed by atoms with Gasteiger partial charge in [-0.05, 0) is 44.0 Å². The first-order valence-corrected chi connectivity index (χ1v) is 6.09. The second-order valence-electron chi connectivity index (χ2n) is 4.27. The predicted molar refractivity (Wildman–Crippen MR) is 69.9 cm³/mol. The van der Waals surface area contributed by atoms with Gasteiger partial charge in [0.15, 0.2) is 0 Å². The minimum absolute atomic E-state index is 1.06. The van der Waals surface area contributed by atoms with E-state index in [-0.39, 0.29) is 0 Å².